The molecule has 0 fully saturated rings. The number of nitrogens with zero attached hydrogens (tertiary/aromatic N) is 2. The summed E-state index contributed by atoms with van der Waals surface area (Å²) >= 11 is 2.99. The number of hydrogen-bond acceptors (Lipinski definition) is 4. The van der Waals surface area contributed by atoms with Crippen molar-refractivity contribution in [1.82, 2.24) is 4.98 Å². The van der Waals surface area contributed by atoms with Crippen LogP contribution in [0.4, 0.5) is 27.8 Å². The zero-order valence-electron chi connectivity index (χ0n) is 13.4. The van der Waals surface area contributed by atoms with Crippen molar-refractivity contribution in [3.05, 3.63) is 34.4 Å². The number of anilines is 1. The highest BCUT2D eigenvalue weighted by Crippen LogP contribution is 2.54. The lowest BCUT2D eigenvalue weighted by molar-refractivity contribution is -0.135. The molecule has 0 saturated heterocycles. The molecule has 0 bridgehead atoms. The van der Waals surface area contributed by atoms with Crippen molar-refractivity contribution in [2.75, 3.05) is 18.5 Å². The number of benzene rings is 1. The van der Waals surface area contributed by atoms with Crippen molar-refractivity contribution in [3.63, 3.8) is 0 Å². The largest absolute Gasteiger partial charge is 0.389 e. The molecule has 26 heavy (non-hydrogen) atoms. The SMILES string of the molecule is CN(CCCC(F)(F)F)c1cc2cc(C(F)(F)P(O)O)c(Br)cc2cn1. The molecule has 1 aromatic heterocycles. The Kier molecular flexibility index (Phi) is 6.43. The molecular weight excluding hydrogens is 446 g/mol. The quantitative estimate of drug-likeness (QED) is 0.463. The highest BCUT2D eigenvalue weighted by atomic mass is 79.9. The van der Waals surface area contributed by atoms with Crippen molar-refractivity contribution in [2.24, 2.45) is 0 Å². The lowest BCUT2D eigenvalue weighted by atomic mass is 10.1. The standard InChI is InChI=1S/C15H15BrF5N2O2P/c1-23(4-2-3-14(17,18)19)13-7-9-5-11(15(20,21)26(24)25)12(16)6-10(9)8-22-13/h5-8,24-25H,2-4H2,1H3. The number of hydrogen-bond donors (Lipinski definition) is 2. The van der Waals surface area contributed by atoms with E-state index in [0.717, 1.165) is 6.07 Å². The number of fused-ring (bicyclic) bond motifs is 1. The van der Waals surface area contributed by atoms with Gasteiger partial charge in [-0.3, -0.25) is 0 Å². The van der Waals surface area contributed by atoms with Gasteiger partial charge in [0.05, 0.1) is 0 Å². The molecule has 144 valence electrons. The summed E-state index contributed by atoms with van der Waals surface area (Å²) in [5.41, 5.74) is -4.41. The predicted octanol–water partition coefficient (Wildman–Crippen LogP) is 5.12. The first kappa shape index (κ1) is 21.2. The third kappa shape index (κ3) is 5.00. The van der Waals surface area contributed by atoms with Crippen LogP contribution in [0.2, 0.25) is 0 Å². The Morgan fingerprint density at radius 1 is 1.12 bits per heavy atom. The van der Waals surface area contributed by atoms with Gasteiger partial charge in [-0.25, -0.2) is 4.98 Å². The summed E-state index contributed by atoms with van der Waals surface area (Å²) in [5, 5.41) is 0.872. The minimum absolute atomic E-state index is 0.00122. The Hall–Kier alpha value is -1.09. The van der Waals surface area contributed by atoms with Crippen LogP contribution in [0.1, 0.15) is 18.4 Å². The van der Waals surface area contributed by atoms with Crippen molar-refractivity contribution in [3.8, 4) is 0 Å². The number of pyridine rings is 1. The van der Waals surface area contributed by atoms with Crippen LogP contribution in [0.25, 0.3) is 10.8 Å². The fraction of sp³-hybridized carbons (Fsp3) is 0.400. The van der Waals surface area contributed by atoms with Crippen LogP contribution in [0.3, 0.4) is 0 Å². The Morgan fingerprint density at radius 3 is 2.35 bits per heavy atom. The number of aromatic nitrogens is 1. The lowest BCUT2D eigenvalue weighted by Crippen LogP contribution is -2.21. The minimum atomic E-state index is -4.24. The Labute approximate surface area is 155 Å². The second-order valence-corrected chi connectivity index (χ2v) is 7.69. The number of alkyl halides is 5. The molecule has 0 atom stereocenters. The number of halogens is 6. The van der Waals surface area contributed by atoms with E-state index >= 15 is 0 Å². The Bertz CT molecular complexity index is 788. The molecule has 0 amide bonds. The molecule has 4 nitrogen and oxygen atoms in total. The van der Waals surface area contributed by atoms with E-state index in [9.17, 15) is 22.0 Å². The zero-order valence-corrected chi connectivity index (χ0v) is 15.9. The molecule has 2 rings (SSSR count). The van der Waals surface area contributed by atoms with Crippen LogP contribution in [0.15, 0.2) is 28.9 Å². The highest BCUT2D eigenvalue weighted by Gasteiger charge is 2.42. The van der Waals surface area contributed by atoms with Crippen molar-refractivity contribution in [2.45, 2.75) is 24.7 Å². The van der Waals surface area contributed by atoms with E-state index in [1.54, 1.807) is 7.05 Å². The molecule has 2 aromatic rings. The molecule has 1 heterocycles. The van der Waals surface area contributed by atoms with Gasteiger partial charge in [0.25, 0.3) is 0 Å². The summed E-state index contributed by atoms with van der Waals surface area (Å²) in [7, 11) is -1.97. The summed E-state index contributed by atoms with van der Waals surface area (Å²) in [6.07, 6.45) is -3.87. The van der Waals surface area contributed by atoms with E-state index in [4.69, 9.17) is 9.79 Å². The molecule has 0 unspecified atom stereocenters. The Morgan fingerprint density at radius 2 is 1.77 bits per heavy atom. The molecule has 0 aliphatic heterocycles. The summed E-state index contributed by atoms with van der Waals surface area (Å²) < 4.78 is 64.6. The van der Waals surface area contributed by atoms with E-state index < -0.39 is 32.2 Å². The maximum atomic E-state index is 14.0. The van der Waals surface area contributed by atoms with Gasteiger partial charge in [0.2, 0.25) is 8.38 Å². The van der Waals surface area contributed by atoms with E-state index in [2.05, 4.69) is 20.9 Å². The van der Waals surface area contributed by atoms with Crippen molar-refractivity contribution >= 4 is 40.9 Å². The molecule has 0 aliphatic rings. The molecule has 0 saturated carbocycles. The van der Waals surface area contributed by atoms with E-state index in [-0.39, 0.29) is 17.4 Å². The normalized spacial score (nSPS) is 12.8. The first-order valence-corrected chi connectivity index (χ1v) is 9.39. The fourth-order valence-corrected chi connectivity index (χ4v) is 3.50. The molecular formula is C15H15BrF5N2O2P. The van der Waals surface area contributed by atoms with Gasteiger partial charge in [-0.2, -0.15) is 22.0 Å². The monoisotopic (exact) mass is 460 g/mol. The molecule has 0 radical (unpaired) electrons. The first-order chi connectivity index (χ1) is 11.9. The molecule has 1 aromatic carbocycles. The highest BCUT2D eigenvalue weighted by molar-refractivity contribution is 9.10. The van der Waals surface area contributed by atoms with Gasteiger partial charge in [-0.05, 0) is 30.0 Å². The zero-order chi connectivity index (χ0) is 19.7. The molecule has 0 spiro atoms. The maximum Gasteiger partial charge on any atom is 0.389 e. The second kappa shape index (κ2) is 7.88. The summed E-state index contributed by atoms with van der Waals surface area (Å²) in [4.78, 5) is 23.6. The third-order valence-corrected chi connectivity index (χ3v) is 5.11. The fourth-order valence-electron chi connectivity index (χ4n) is 2.33. The molecule has 11 heteroatoms. The van der Waals surface area contributed by atoms with Crippen LogP contribution in [-0.4, -0.2) is 34.5 Å². The lowest BCUT2D eigenvalue weighted by Gasteiger charge is -2.21. The second-order valence-electron chi connectivity index (χ2n) is 5.69. The van der Waals surface area contributed by atoms with Crippen LogP contribution >= 0.6 is 24.3 Å². The van der Waals surface area contributed by atoms with E-state index in [1.165, 1.54) is 23.2 Å². The minimum Gasteiger partial charge on any atom is -0.360 e. The average Bonchev–Trinajstić information content (AvgIpc) is 2.52. The third-order valence-electron chi connectivity index (χ3n) is 3.71. The van der Waals surface area contributed by atoms with Crippen LogP contribution in [0.5, 0.6) is 0 Å². The molecule has 2 N–H and O–H groups in total. The van der Waals surface area contributed by atoms with Gasteiger partial charge >= 0.3 is 11.8 Å². The average molecular weight is 461 g/mol. The topological polar surface area (TPSA) is 56.6 Å². The van der Waals surface area contributed by atoms with Crippen LogP contribution in [0, 0.1) is 0 Å². The summed E-state index contributed by atoms with van der Waals surface area (Å²) in [6.45, 7) is 0.0934. The van der Waals surface area contributed by atoms with Gasteiger partial charge in [0.15, 0.2) is 0 Å². The van der Waals surface area contributed by atoms with E-state index in [0.29, 0.717) is 16.6 Å². The van der Waals surface area contributed by atoms with Crippen molar-refractivity contribution in [1.29, 1.82) is 0 Å². The summed E-state index contributed by atoms with van der Waals surface area (Å²) in [5.74, 6) is 0.325. The predicted molar refractivity (Wildman–Crippen MR) is 93.3 cm³/mol. The van der Waals surface area contributed by atoms with Gasteiger partial charge in [0, 0.05) is 41.6 Å². The smallest absolute Gasteiger partial charge is 0.360 e. The van der Waals surface area contributed by atoms with E-state index in [1.807, 2.05) is 0 Å². The summed E-state index contributed by atoms with van der Waals surface area (Å²) in [6, 6.07) is 3.94. The molecule has 0 aliphatic carbocycles. The van der Waals surface area contributed by atoms with Crippen LogP contribution in [-0.2, 0) is 5.66 Å². The Balaban J connectivity index is 2.30. The van der Waals surface area contributed by atoms with Crippen LogP contribution < -0.4 is 4.90 Å². The van der Waals surface area contributed by atoms with Gasteiger partial charge in [-0.1, -0.05) is 15.9 Å². The first-order valence-electron chi connectivity index (χ1n) is 7.35. The maximum absolute atomic E-state index is 14.0. The van der Waals surface area contributed by atoms with Gasteiger partial charge in [-0.15, -0.1) is 0 Å². The van der Waals surface area contributed by atoms with Gasteiger partial charge in [0.1, 0.15) is 5.82 Å². The van der Waals surface area contributed by atoms with Gasteiger partial charge < -0.3 is 14.7 Å². The number of rotatable bonds is 6. The van der Waals surface area contributed by atoms with Crippen molar-refractivity contribution < 1.29 is 31.7 Å².